The van der Waals surface area contributed by atoms with Gasteiger partial charge >= 0.3 is 11.8 Å². The Bertz CT molecular complexity index is 400. The average molecular weight is 228 g/mol. The molecule has 1 rings (SSSR count). The molecule has 88 valence electrons. The minimum atomic E-state index is -1.06. The van der Waals surface area contributed by atoms with Gasteiger partial charge in [0.15, 0.2) is 5.69 Å². The lowest BCUT2D eigenvalue weighted by molar-refractivity contribution is -0.388. The zero-order valence-electron chi connectivity index (χ0n) is 8.80. The van der Waals surface area contributed by atoms with E-state index in [1.165, 1.54) is 6.20 Å². The molecule has 1 heterocycles. The van der Waals surface area contributed by atoms with E-state index in [4.69, 9.17) is 5.11 Å². The van der Waals surface area contributed by atoms with Gasteiger partial charge in [0.05, 0.1) is 0 Å². The fourth-order valence-corrected chi connectivity index (χ4v) is 1.21. The van der Waals surface area contributed by atoms with E-state index < -0.39 is 16.9 Å². The third kappa shape index (κ3) is 2.47. The molecule has 0 fully saturated rings. The normalized spacial score (nSPS) is 12.4. The average Bonchev–Trinajstić information content (AvgIpc) is 2.60. The minimum Gasteiger partial charge on any atom is -0.480 e. The van der Waals surface area contributed by atoms with Crippen LogP contribution in [0, 0.1) is 16.0 Å². The Balaban J connectivity index is 2.89. The van der Waals surface area contributed by atoms with E-state index in [1.54, 1.807) is 13.8 Å². The first-order valence-corrected chi connectivity index (χ1v) is 4.60. The Hall–Kier alpha value is -2.12. The quantitative estimate of drug-likeness (QED) is 0.507. The van der Waals surface area contributed by atoms with Crippen LogP contribution in [0.25, 0.3) is 0 Å². The molecule has 1 aromatic heterocycles. The smallest absolute Gasteiger partial charge is 0.366 e. The molecule has 16 heavy (non-hydrogen) atoms. The van der Waals surface area contributed by atoms with E-state index in [1.807, 2.05) is 0 Å². The van der Waals surface area contributed by atoms with Gasteiger partial charge in [-0.1, -0.05) is 18.9 Å². The van der Waals surface area contributed by atoms with Crippen molar-refractivity contribution in [3.8, 4) is 0 Å². The van der Waals surface area contributed by atoms with Crippen LogP contribution in [0.15, 0.2) is 6.20 Å². The summed E-state index contributed by atoms with van der Waals surface area (Å²) in [5.74, 6) is -1.61. The molecular weight excluding hydrogens is 216 g/mol. The van der Waals surface area contributed by atoms with E-state index in [-0.39, 0.29) is 17.4 Å². The Morgan fingerprint density at radius 1 is 1.69 bits per heavy atom. The first-order valence-electron chi connectivity index (χ1n) is 4.60. The number of hydrogen-bond donors (Lipinski definition) is 3. The van der Waals surface area contributed by atoms with Gasteiger partial charge in [0.25, 0.3) is 0 Å². The number of aliphatic carboxylic acids is 1. The van der Waals surface area contributed by atoms with Crippen molar-refractivity contribution in [2.45, 2.75) is 19.9 Å². The summed E-state index contributed by atoms with van der Waals surface area (Å²) in [6.45, 7) is 3.41. The molecule has 0 bridgehead atoms. The number of rotatable bonds is 5. The molecular formula is C8H12N4O4. The zero-order chi connectivity index (χ0) is 12.3. The molecule has 1 atom stereocenters. The number of nitro groups is 1. The number of anilines is 1. The predicted molar refractivity (Wildman–Crippen MR) is 55.1 cm³/mol. The first-order chi connectivity index (χ1) is 7.43. The summed E-state index contributed by atoms with van der Waals surface area (Å²) >= 11 is 0. The molecule has 8 nitrogen and oxygen atoms in total. The van der Waals surface area contributed by atoms with Crippen molar-refractivity contribution in [2.24, 2.45) is 5.92 Å². The van der Waals surface area contributed by atoms with Crippen LogP contribution >= 0.6 is 0 Å². The molecule has 0 saturated carbocycles. The summed E-state index contributed by atoms with van der Waals surface area (Å²) in [5, 5.41) is 27.7. The summed E-state index contributed by atoms with van der Waals surface area (Å²) in [6.07, 6.45) is 1.19. The molecule has 0 radical (unpaired) electrons. The number of H-pyrrole nitrogens is 1. The number of hydrogen-bond acceptors (Lipinski definition) is 5. The number of carbonyl (C=O) groups is 1. The summed E-state index contributed by atoms with van der Waals surface area (Å²) in [7, 11) is 0. The second-order valence-corrected chi connectivity index (χ2v) is 3.59. The van der Waals surface area contributed by atoms with Gasteiger partial charge in [-0.05, 0) is 10.8 Å². The van der Waals surface area contributed by atoms with Gasteiger partial charge in [-0.25, -0.2) is 4.79 Å². The van der Waals surface area contributed by atoms with Crippen molar-refractivity contribution in [3.63, 3.8) is 0 Å². The third-order valence-corrected chi connectivity index (χ3v) is 2.05. The Morgan fingerprint density at radius 3 is 2.75 bits per heavy atom. The largest absolute Gasteiger partial charge is 0.480 e. The fraction of sp³-hybridized carbons (Fsp3) is 0.500. The van der Waals surface area contributed by atoms with Crippen molar-refractivity contribution in [3.05, 3.63) is 16.3 Å². The van der Waals surface area contributed by atoms with Crippen LogP contribution in [-0.4, -0.2) is 32.2 Å². The highest BCUT2D eigenvalue weighted by molar-refractivity contribution is 5.78. The topological polar surface area (TPSA) is 121 Å². The lowest BCUT2D eigenvalue weighted by Gasteiger charge is -2.17. The van der Waals surface area contributed by atoms with E-state index >= 15 is 0 Å². The monoisotopic (exact) mass is 228 g/mol. The van der Waals surface area contributed by atoms with Crippen LogP contribution in [0.2, 0.25) is 0 Å². The van der Waals surface area contributed by atoms with Gasteiger partial charge in [0.2, 0.25) is 0 Å². The zero-order valence-corrected chi connectivity index (χ0v) is 8.80. The van der Waals surface area contributed by atoms with Gasteiger partial charge in [-0.2, -0.15) is 0 Å². The summed E-state index contributed by atoms with van der Waals surface area (Å²) in [6, 6.07) is -0.892. The van der Waals surface area contributed by atoms with Crippen LogP contribution < -0.4 is 5.32 Å². The van der Waals surface area contributed by atoms with Gasteiger partial charge < -0.3 is 20.5 Å². The molecule has 0 saturated heterocycles. The standard InChI is InChI=1S/C8H12N4O4/c1-4(2)6(8(13)14)10-5-3-9-11-7(5)12(15)16/h3-4,6,10H,1-2H3,(H,9,11)(H,13,14). The van der Waals surface area contributed by atoms with Crippen LogP contribution in [0.5, 0.6) is 0 Å². The summed E-state index contributed by atoms with van der Waals surface area (Å²) < 4.78 is 0. The van der Waals surface area contributed by atoms with Crippen LogP contribution in [0.3, 0.4) is 0 Å². The number of aromatic nitrogens is 2. The number of nitrogens with one attached hydrogen (secondary N) is 2. The molecule has 1 unspecified atom stereocenters. The fourth-order valence-electron chi connectivity index (χ4n) is 1.21. The molecule has 0 aliphatic heterocycles. The highest BCUT2D eigenvalue weighted by atomic mass is 16.6. The molecule has 0 aromatic carbocycles. The van der Waals surface area contributed by atoms with Gasteiger partial charge in [-0.3, -0.25) is 0 Å². The highest BCUT2D eigenvalue weighted by Crippen LogP contribution is 2.22. The molecule has 1 aromatic rings. The number of carboxylic acid groups (broad SMARTS) is 1. The number of nitrogens with zero attached hydrogens (tertiary/aromatic N) is 2. The second-order valence-electron chi connectivity index (χ2n) is 3.59. The van der Waals surface area contributed by atoms with Gasteiger partial charge in [0, 0.05) is 0 Å². The van der Waals surface area contributed by atoms with Crippen LogP contribution in [0.1, 0.15) is 13.8 Å². The Labute approximate surface area is 90.8 Å². The number of carboxylic acids is 1. The van der Waals surface area contributed by atoms with Crippen molar-refractivity contribution in [1.29, 1.82) is 0 Å². The molecule has 0 spiro atoms. The van der Waals surface area contributed by atoms with E-state index in [2.05, 4.69) is 15.5 Å². The van der Waals surface area contributed by atoms with Crippen LogP contribution in [0.4, 0.5) is 11.5 Å². The summed E-state index contributed by atoms with van der Waals surface area (Å²) in [5.41, 5.74) is 0.0751. The minimum absolute atomic E-state index is 0.0751. The molecule has 0 aliphatic carbocycles. The molecule has 8 heteroatoms. The lowest BCUT2D eigenvalue weighted by atomic mass is 10.0. The lowest BCUT2D eigenvalue weighted by Crippen LogP contribution is -2.34. The first kappa shape index (κ1) is 12.0. The molecule has 0 amide bonds. The van der Waals surface area contributed by atoms with Gasteiger partial charge in [-0.15, -0.1) is 5.10 Å². The van der Waals surface area contributed by atoms with E-state index in [0.717, 1.165) is 0 Å². The number of aromatic amines is 1. The Morgan fingerprint density at radius 2 is 2.31 bits per heavy atom. The second kappa shape index (κ2) is 4.60. The SMILES string of the molecule is CC(C)C(Nc1cn[nH]c1[N+](=O)[O-])C(=O)O. The molecule has 3 N–H and O–H groups in total. The maximum absolute atomic E-state index is 10.9. The predicted octanol–water partition coefficient (Wildman–Crippen LogP) is 0.839. The summed E-state index contributed by atoms with van der Waals surface area (Å²) in [4.78, 5) is 20.8. The van der Waals surface area contributed by atoms with Crippen molar-refractivity contribution >= 4 is 17.5 Å². The van der Waals surface area contributed by atoms with Crippen molar-refractivity contribution < 1.29 is 14.8 Å². The van der Waals surface area contributed by atoms with Gasteiger partial charge in [0.1, 0.15) is 12.2 Å². The van der Waals surface area contributed by atoms with Crippen molar-refractivity contribution in [2.75, 3.05) is 5.32 Å². The highest BCUT2D eigenvalue weighted by Gasteiger charge is 2.25. The van der Waals surface area contributed by atoms with E-state index in [0.29, 0.717) is 0 Å². The third-order valence-electron chi connectivity index (χ3n) is 2.05. The Kier molecular flexibility index (Phi) is 3.44. The maximum atomic E-state index is 10.9. The van der Waals surface area contributed by atoms with Crippen LogP contribution in [-0.2, 0) is 4.79 Å². The van der Waals surface area contributed by atoms with E-state index in [9.17, 15) is 14.9 Å². The molecule has 0 aliphatic rings. The van der Waals surface area contributed by atoms with Crippen molar-refractivity contribution in [1.82, 2.24) is 10.2 Å². The maximum Gasteiger partial charge on any atom is 0.366 e.